The number of carbonyl (C=O) groups excluding carboxylic acids is 1. The molecule has 0 aliphatic heterocycles. The molecule has 0 saturated carbocycles. The molecule has 0 unspecified atom stereocenters. The minimum absolute atomic E-state index is 0.0219. The van der Waals surface area contributed by atoms with E-state index in [0.29, 0.717) is 5.56 Å². The van der Waals surface area contributed by atoms with Crippen molar-refractivity contribution < 1.29 is 33.3 Å². The van der Waals surface area contributed by atoms with Gasteiger partial charge in [-0.05, 0) is 35.9 Å². The van der Waals surface area contributed by atoms with Gasteiger partial charge in [-0.15, -0.1) is 0 Å². The number of rotatable bonds is 6. The zero-order valence-electron chi connectivity index (χ0n) is 12.6. The van der Waals surface area contributed by atoms with Crippen molar-refractivity contribution >= 4 is 11.9 Å². The lowest BCUT2D eigenvalue weighted by molar-refractivity contribution is -0.0512. The average Bonchev–Trinajstić information content (AvgIpc) is 2.53. The number of phenolic OH excluding ortho intramolecular Hbond substituents is 2. The fourth-order valence-corrected chi connectivity index (χ4v) is 1.97. The quantitative estimate of drug-likeness (QED) is 0.623. The summed E-state index contributed by atoms with van der Waals surface area (Å²) in [6.45, 7) is -2.97. The third-order valence-corrected chi connectivity index (χ3v) is 3.08. The van der Waals surface area contributed by atoms with Crippen molar-refractivity contribution in [3.05, 3.63) is 53.6 Å². The van der Waals surface area contributed by atoms with Gasteiger partial charge in [0.2, 0.25) is 0 Å². The Morgan fingerprint density at radius 2 is 1.88 bits per heavy atom. The third kappa shape index (κ3) is 4.22. The SMILES string of the molecule is COc1cc(/C=C/C(=O)c2ccc(O)cc2O)ccc1OC(F)F. The molecule has 0 radical (unpaired) electrons. The standard InChI is InChI=1S/C17H14F2O5/c1-23-16-8-10(3-7-15(16)24-17(18)19)2-6-13(21)12-5-4-11(20)9-14(12)22/h2-9,17,20,22H,1H3/b6-2+. The molecule has 0 bridgehead atoms. The Balaban J connectivity index is 2.20. The molecule has 2 aromatic carbocycles. The topological polar surface area (TPSA) is 76.0 Å². The van der Waals surface area contributed by atoms with Crippen LogP contribution in [0.5, 0.6) is 23.0 Å². The van der Waals surface area contributed by atoms with Gasteiger partial charge in [0.05, 0.1) is 12.7 Å². The average molecular weight is 336 g/mol. The van der Waals surface area contributed by atoms with Crippen LogP contribution in [0.15, 0.2) is 42.5 Å². The molecule has 5 nitrogen and oxygen atoms in total. The number of ether oxygens (including phenoxy) is 2. The number of phenols is 2. The zero-order valence-corrected chi connectivity index (χ0v) is 12.6. The maximum absolute atomic E-state index is 12.3. The highest BCUT2D eigenvalue weighted by molar-refractivity contribution is 6.08. The highest BCUT2D eigenvalue weighted by atomic mass is 19.3. The Morgan fingerprint density at radius 1 is 1.12 bits per heavy atom. The molecule has 0 aliphatic carbocycles. The lowest BCUT2D eigenvalue weighted by Crippen LogP contribution is -2.03. The molecule has 0 spiro atoms. The van der Waals surface area contributed by atoms with Gasteiger partial charge in [-0.2, -0.15) is 8.78 Å². The van der Waals surface area contributed by atoms with Crippen LogP contribution in [0.4, 0.5) is 8.78 Å². The number of allylic oxidation sites excluding steroid dienone is 1. The predicted molar refractivity (Wildman–Crippen MR) is 82.8 cm³/mol. The van der Waals surface area contributed by atoms with E-state index in [-0.39, 0.29) is 28.6 Å². The van der Waals surface area contributed by atoms with E-state index >= 15 is 0 Å². The van der Waals surface area contributed by atoms with Crippen LogP contribution in [0.1, 0.15) is 15.9 Å². The summed E-state index contributed by atoms with van der Waals surface area (Å²) in [5, 5.41) is 18.8. The van der Waals surface area contributed by atoms with Gasteiger partial charge in [0.15, 0.2) is 17.3 Å². The second-order valence-electron chi connectivity index (χ2n) is 4.69. The van der Waals surface area contributed by atoms with Crippen molar-refractivity contribution in [3.8, 4) is 23.0 Å². The molecule has 0 amide bonds. The van der Waals surface area contributed by atoms with Crippen LogP contribution in [-0.2, 0) is 0 Å². The van der Waals surface area contributed by atoms with Gasteiger partial charge in [-0.25, -0.2) is 0 Å². The summed E-state index contributed by atoms with van der Waals surface area (Å²) in [4.78, 5) is 12.0. The number of carbonyl (C=O) groups is 1. The molecule has 2 aromatic rings. The first-order chi connectivity index (χ1) is 11.4. The highest BCUT2D eigenvalue weighted by Gasteiger charge is 2.11. The first kappa shape index (κ1) is 17.3. The van der Waals surface area contributed by atoms with Crippen molar-refractivity contribution in [3.63, 3.8) is 0 Å². The van der Waals surface area contributed by atoms with Crippen LogP contribution in [0.25, 0.3) is 6.08 Å². The normalized spacial score (nSPS) is 11.0. The van der Waals surface area contributed by atoms with E-state index in [1.54, 1.807) is 0 Å². The van der Waals surface area contributed by atoms with Gasteiger partial charge >= 0.3 is 6.61 Å². The highest BCUT2D eigenvalue weighted by Crippen LogP contribution is 2.30. The Hall–Kier alpha value is -3.09. The molecule has 7 heteroatoms. The summed E-state index contributed by atoms with van der Waals surface area (Å²) in [6, 6.07) is 7.82. The van der Waals surface area contributed by atoms with Crippen LogP contribution in [0.2, 0.25) is 0 Å². The van der Waals surface area contributed by atoms with Crippen LogP contribution in [0.3, 0.4) is 0 Å². The van der Waals surface area contributed by atoms with Crippen molar-refractivity contribution in [2.45, 2.75) is 6.61 Å². The maximum Gasteiger partial charge on any atom is 0.387 e. The number of alkyl halides is 2. The number of benzene rings is 2. The van der Waals surface area contributed by atoms with Crippen molar-refractivity contribution in [2.24, 2.45) is 0 Å². The molecule has 0 atom stereocenters. The monoisotopic (exact) mass is 336 g/mol. The minimum atomic E-state index is -2.97. The van der Waals surface area contributed by atoms with E-state index in [4.69, 9.17) is 4.74 Å². The number of hydrogen-bond acceptors (Lipinski definition) is 5. The molecule has 2 rings (SSSR count). The largest absolute Gasteiger partial charge is 0.508 e. The fourth-order valence-electron chi connectivity index (χ4n) is 1.97. The van der Waals surface area contributed by atoms with E-state index in [1.165, 1.54) is 49.6 Å². The number of halogens is 2. The molecule has 0 aromatic heterocycles. The van der Waals surface area contributed by atoms with Gasteiger partial charge in [0, 0.05) is 6.07 Å². The van der Waals surface area contributed by atoms with E-state index in [0.717, 1.165) is 6.07 Å². The third-order valence-electron chi connectivity index (χ3n) is 3.08. The van der Waals surface area contributed by atoms with Gasteiger partial charge in [0.1, 0.15) is 11.5 Å². The van der Waals surface area contributed by atoms with Gasteiger partial charge in [-0.1, -0.05) is 12.1 Å². The van der Waals surface area contributed by atoms with Gasteiger partial charge < -0.3 is 19.7 Å². The molecule has 24 heavy (non-hydrogen) atoms. The molecule has 0 aliphatic rings. The summed E-state index contributed by atoms with van der Waals surface area (Å²) in [5.74, 6) is -1.01. The lowest BCUT2D eigenvalue weighted by Gasteiger charge is -2.10. The van der Waals surface area contributed by atoms with Crippen LogP contribution in [-0.4, -0.2) is 29.7 Å². The summed E-state index contributed by atoms with van der Waals surface area (Å²) in [7, 11) is 1.31. The predicted octanol–water partition coefficient (Wildman–Crippen LogP) is 3.60. The molecular weight excluding hydrogens is 322 g/mol. The van der Waals surface area contributed by atoms with Crippen molar-refractivity contribution in [1.82, 2.24) is 0 Å². The zero-order chi connectivity index (χ0) is 17.7. The van der Waals surface area contributed by atoms with E-state index in [1.807, 2.05) is 0 Å². The molecule has 0 fully saturated rings. The van der Waals surface area contributed by atoms with Gasteiger partial charge in [-0.3, -0.25) is 4.79 Å². The second kappa shape index (κ2) is 7.45. The summed E-state index contributed by atoms with van der Waals surface area (Å²) >= 11 is 0. The summed E-state index contributed by atoms with van der Waals surface area (Å²) in [5.41, 5.74) is 0.536. The Morgan fingerprint density at radius 3 is 2.50 bits per heavy atom. The van der Waals surface area contributed by atoms with Crippen LogP contribution in [0, 0.1) is 0 Å². The summed E-state index contributed by atoms with van der Waals surface area (Å²) < 4.78 is 33.8. The number of hydrogen-bond donors (Lipinski definition) is 2. The second-order valence-corrected chi connectivity index (χ2v) is 4.69. The van der Waals surface area contributed by atoms with Gasteiger partial charge in [0.25, 0.3) is 0 Å². The van der Waals surface area contributed by atoms with E-state index in [2.05, 4.69) is 4.74 Å². The van der Waals surface area contributed by atoms with Crippen LogP contribution >= 0.6 is 0 Å². The minimum Gasteiger partial charge on any atom is -0.508 e. The number of methoxy groups -OCH3 is 1. The summed E-state index contributed by atoms with van der Waals surface area (Å²) in [6.07, 6.45) is 2.64. The molecule has 0 heterocycles. The number of aromatic hydroxyl groups is 2. The maximum atomic E-state index is 12.3. The lowest BCUT2D eigenvalue weighted by atomic mass is 10.1. The molecule has 0 saturated heterocycles. The van der Waals surface area contributed by atoms with E-state index in [9.17, 15) is 23.8 Å². The van der Waals surface area contributed by atoms with Crippen molar-refractivity contribution in [1.29, 1.82) is 0 Å². The van der Waals surface area contributed by atoms with E-state index < -0.39 is 12.4 Å². The Labute approximate surface area is 136 Å². The first-order valence-electron chi connectivity index (χ1n) is 6.78. The van der Waals surface area contributed by atoms with Crippen molar-refractivity contribution in [2.75, 3.05) is 7.11 Å². The fraction of sp³-hybridized carbons (Fsp3) is 0.118. The smallest absolute Gasteiger partial charge is 0.387 e. The molecule has 126 valence electrons. The number of ketones is 1. The Kier molecular flexibility index (Phi) is 5.36. The Bertz CT molecular complexity index is 772. The molecular formula is C17H14F2O5. The van der Waals surface area contributed by atoms with Crippen LogP contribution < -0.4 is 9.47 Å². The molecule has 2 N–H and O–H groups in total. The first-order valence-corrected chi connectivity index (χ1v) is 6.78.